The smallest absolute Gasteiger partial charge is 0.241 e. The van der Waals surface area contributed by atoms with Gasteiger partial charge in [0, 0.05) is 5.69 Å². The van der Waals surface area contributed by atoms with Crippen LogP contribution >= 0.6 is 0 Å². The topological polar surface area (TPSA) is 65.4 Å². The predicted molar refractivity (Wildman–Crippen MR) is 83.2 cm³/mol. The number of aryl methyl sites for hydroxylation is 2. The van der Waals surface area contributed by atoms with Gasteiger partial charge in [-0.1, -0.05) is 0 Å². The summed E-state index contributed by atoms with van der Waals surface area (Å²) < 4.78 is 12.3. The van der Waals surface area contributed by atoms with E-state index in [1.54, 1.807) is 11.8 Å². The Morgan fingerprint density at radius 1 is 1.23 bits per heavy atom. The highest BCUT2D eigenvalue weighted by Crippen LogP contribution is 2.16. The summed E-state index contributed by atoms with van der Waals surface area (Å²) >= 11 is 0. The maximum absolute atomic E-state index is 11.8. The summed E-state index contributed by atoms with van der Waals surface area (Å²) in [7, 11) is 1.62. The standard InChI is InChI=1S/C16H21N3O3/c1-12-10-13(2)19(18-12)11-16(20)17-8-9-22-15-6-4-14(21-3)5-7-15/h4-7,10H,8-9,11H2,1-3H3,(H,17,20). The fraction of sp³-hybridized carbons (Fsp3) is 0.375. The van der Waals surface area contributed by atoms with Gasteiger partial charge < -0.3 is 14.8 Å². The molecule has 6 heteroatoms. The van der Waals surface area contributed by atoms with E-state index in [9.17, 15) is 4.79 Å². The van der Waals surface area contributed by atoms with E-state index in [4.69, 9.17) is 9.47 Å². The van der Waals surface area contributed by atoms with Crippen molar-refractivity contribution in [2.75, 3.05) is 20.3 Å². The highest BCUT2D eigenvalue weighted by atomic mass is 16.5. The van der Waals surface area contributed by atoms with Gasteiger partial charge in [0.2, 0.25) is 5.91 Å². The Balaban J connectivity index is 1.69. The van der Waals surface area contributed by atoms with Crippen molar-refractivity contribution < 1.29 is 14.3 Å². The SMILES string of the molecule is COc1ccc(OCCNC(=O)Cn2nc(C)cc2C)cc1. The molecule has 0 saturated heterocycles. The second-order valence-corrected chi connectivity index (χ2v) is 4.96. The van der Waals surface area contributed by atoms with Crippen molar-refractivity contribution in [3.05, 3.63) is 41.7 Å². The number of benzene rings is 1. The van der Waals surface area contributed by atoms with Crippen LogP contribution in [0.1, 0.15) is 11.4 Å². The minimum absolute atomic E-state index is 0.0791. The molecule has 2 aromatic rings. The molecule has 6 nitrogen and oxygen atoms in total. The molecular formula is C16H21N3O3. The highest BCUT2D eigenvalue weighted by molar-refractivity contribution is 5.75. The first-order valence-corrected chi connectivity index (χ1v) is 7.13. The van der Waals surface area contributed by atoms with E-state index in [-0.39, 0.29) is 12.5 Å². The van der Waals surface area contributed by atoms with Crippen LogP contribution in [-0.2, 0) is 11.3 Å². The van der Waals surface area contributed by atoms with Crippen LogP contribution in [0.4, 0.5) is 0 Å². The van der Waals surface area contributed by atoms with Gasteiger partial charge in [0.1, 0.15) is 24.7 Å². The molecule has 22 heavy (non-hydrogen) atoms. The van der Waals surface area contributed by atoms with Crippen LogP contribution in [0.5, 0.6) is 11.5 Å². The number of methoxy groups -OCH3 is 1. The van der Waals surface area contributed by atoms with E-state index < -0.39 is 0 Å². The second-order valence-electron chi connectivity index (χ2n) is 4.96. The summed E-state index contributed by atoms with van der Waals surface area (Å²) in [6, 6.07) is 9.26. The van der Waals surface area contributed by atoms with Gasteiger partial charge in [0.15, 0.2) is 0 Å². The van der Waals surface area contributed by atoms with E-state index in [0.717, 1.165) is 22.9 Å². The summed E-state index contributed by atoms with van der Waals surface area (Å²) in [5.74, 6) is 1.45. The molecule has 0 aliphatic carbocycles. The number of rotatable bonds is 7. The lowest BCUT2D eigenvalue weighted by Crippen LogP contribution is -2.31. The Morgan fingerprint density at radius 3 is 2.50 bits per heavy atom. The normalized spacial score (nSPS) is 10.3. The van der Waals surface area contributed by atoms with Crippen molar-refractivity contribution in [1.29, 1.82) is 0 Å². The Morgan fingerprint density at radius 2 is 1.91 bits per heavy atom. The Bertz CT molecular complexity index is 620. The van der Waals surface area contributed by atoms with Crippen molar-refractivity contribution in [2.24, 2.45) is 0 Å². The number of amides is 1. The largest absolute Gasteiger partial charge is 0.497 e. The van der Waals surface area contributed by atoms with Crippen molar-refractivity contribution in [1.82, 2.24) is 15.1 Å². The van der Waals surface area contributed by atoms with Gasteiger partial charge in [-0.2, -0.15) is 5.10 Å². The molecular weight excluding hydrogens is 282 g/mol. The molecule has 1 N–H and O–H groups in total. The van der Waals surface area contributed by atoms with Gasteiger partial charge >= 0.3 is 0 Å². The number of nitrogens with one attached hydrogen (secondary N) is 1. The third-order valence-corrected chi connectivity index (χ3v) is 3.15. The maximum atomic E-state index is 11.8. The first kappa shape index (κ1) is 15.9. The molecule has 0 atom stereocenters. The van der Waals surface area contributed by atoms with E-state index in [1.807, 2.05) is 44.2 Å². The lowest BCUT2D eigenvalue weighted by atomic mass is 10.3. The first-order chi connectivity index (χ1) is 10.6. The number of nitrogens with zero attached hydrogens (tertiary/aromatic N) is 2. The molecule has 0 unspecified atom stereocenters. The summed E-state index contributed by atoms with van der Waals surface area (Å²) in [6.45, 7) is 4.92. The molecule has 2 rings (SSSR count). The molecule has 0 saturated carbocycles. The van der Waals surface area contributed by atoms with E-state index in [0.29, 0.717) is 13.2 Å². The number of ether oxygens (including phenoxy) is 2. The molecule has 1 aromatic carbocycles. The third kappa shape index (κ3) is 4.51. The minimum Gasteiger partial charge on any atom is -0.497 e. The van der Waals surface area contributed by atoms with Gasteiger partial charge in [0.25, 0.3) is 0 Å². The van der Waals surface area contributed by atoms with Gasteiger partial charge in [-0.15, -0.1) is 0 Å². The van der Waals surface area contributed by atoms with Crippen LogP contribution in [0.25, 0.3) is 0 Å². The molecule has 118 valence electrons. The molecule has 0 bridgehead atoms. The molecule has 1 heterocycles. The number of carbonyl (C=O) groups excluding carboxylic acids is 1. The monoisotopic (exact) mass is 303 g/mol. The summed E-state index contributed by atoms with van der Waals surface area (Å²) in [6.07, 6.45) is 0. The first-order valence-electron chi connectivity index (χ1n) is 7.13. The van der Waals surface area contributed by atoms with Crippen LogP contribution in [0.15, 0.2) is 30.3 Å². The number of hydrogen-bond acceptors (Lipinski definition) is 4. The van der Waals surface area contributed by atoms with Crippen LogP contribution in [0, 0.1) is 13.8 Å². The van der Waals surface area contributed by atoms with Gasteiger partial charge in [-0.05, 0) is 44.2 Å². The molecule has 0 spiro atoms. The number of hydrogen-bond donors (Lipinski definition) is 1. The zero-order valence-electron chi connectivity index (χ0n) is 13.1. The third-order valence-electron chi connectivity index (χ3n) is 3.15. The molecule has 0 radical (unpaired) electrons. The van der Waals surface area contributed by atoms with E-state index >= 15 is 0 Å². The van der Waals surface area contributed by atoms with Crippen molar-refractivity contribution in [3.63, 3.8) is 0 Å². The molecule has 0 fully saturated rings. The summed E-state index contributed by atoms with van der Waals surface area (Å²) in [4.78, 5) is 11.8. The number of aromatic nitrogens is 2. The lowest BCUT2D eigenvalue weighted by molar-refractivity contribution is -0.122. The quantitative estimate of drug-likeness (QED) is 0.791. The fourth-order valence-corrected chi connectivity index (χ4v) is 2.06. The molecule has 0 aliphatic rings. The van der Waals surface area contributed by atoms with Gasteiger partial charge in [-0.3, -0.25) is 9.48 Å². The molecule has 0 aliphatic heterocycles. The predicted octanol–water partition coefficient (Wildman–Crippen LogP) is 1.70. The minimum atomic E-state index is -0.0791. The molecule has 1 amide bonds. The average molecular weight is 303 g/mol. The second kappa shape index (κ2) is 7.49. The summed E-state index contributed by atoms with van der Waals surface area (Å²) in [5, 5.41) is 7.07. The highest BCUT2D eigenvalue weighted by Gasteiger charge is 2.06. The van der Waals surface area contributed by atoms with E-state index in [2.05, 4.69) is 10.4 Å². The number of carbonyl (C=O) groups is 1. The van der Waals surface area contributed by atoms with Gasteiger partial charge in [0.05, 0.1) is 19.3 Å². The van der Waals surface area contributed by atoms with Crippen molar-refractivity contribution in [3.8, 4) is 11.5 Å². The van der Waals surface area contributed by atoms with E-state index in [1.165, 1.54) is 0 Å². The van der Waals surface area contributed by atoms with Crippen LogP contribution in [-0.4, -0.2) is 35.9 Å². The zero-order valence-corrected chi connectivity index (χ0v) is 13.1. The van der Waals surface area contributed by atoms with Gasteiger partial charge in [-0.25, -0.2) is 0 Å². The maximum Gasteiger partial charge on any atom is 0.241 e. The van der Waals surface area contributed by atoms with Crippen LogP contribution < -0.4 is 14.8 Å². The summed E-state index contributed by atoms with van der Waals surface area (Å²) in [5.41, 5.74) is 1.88. The Labute approximate surface area is 130 Å². The van der Waals surface area contributed by atoms with Crippen molar-refractivity contribution in [2.45, 2.75) is 20.4 Å². The lowest BCUT2D eigenvalue weighted by Gasteiger charge is -2.09. The van der Waals surface area contributed by atoms with Crippen LogP contribution in [0.3, 0.4) is 0 Å². The van der Waals surface area contributed by atoms with Crippen LogP contribution in [0.2, 0.25) is 0 Å². The fourth-order valence-electron chi connectivity index (χ4n) is 2.06. The van der Waals surface area contributed by atoms with Crippen molar-refractivity contribution >= 4 is 5.91 Å². The average Bonchev–Trinajstić information content (AvgIpc) is 2.82. The molecule has 1 aromatic heterocycles. The zero-order chi connectivity index (χ0) is 15.9. The Kier molecular flexibility index (Phi) is 5.41. The Hall–Kier alpha value is -2.50.